The molecule has 2 aliphatic heterocycles. The van der Waals surface area contributed by atoms with E-state index in [1.54, 1.807) is 0 Å². The molecule has 213 valence electrons. The molecule has 0 unspecified atom stereocenters. The SMILES string of the molecule is [B]=C(c1ccc(N2CCN(CC)CC2)cc1)c1c(N)ncc2c1N(C)C(=O)N(c1c(F)c(OC)cc(OC)c1F)C2. The number of aromatic nitrogens is 1. The van der Waals surface area contributed by atoms with Gasteiger partial charge in [0.1, 0.15) is 0 Å². The quantitative estimate of drug-likeness (QED) is 0.443. The number of nitrogen functional groups attached to an aromatic ring is 1. The van der Waals surface area contributed by atoms with Crippen molar-refractivity contribution in [2.24, 2.45) is 0 Å². The molecule has 0 spiro atoms. The number of anilines is 4. The van der Waals surface area contributed by atoms with Crippen LogP contribution in [0.4, 0.5) is 36.5 Å². The number of likely N-dealkylation sites (N-methyl/N-ethyl adjacent to an activating group) is 1. The van der Waals surface area contributed by atoms with Crippen molar-refractivity contribution in [3.05, 3.63) is 64.9 Å². The monoisotopic (exact) mass is 561 g/mol. The van der Waals surface area contributed by atoms with Gasteiger partial charge in [-0.15, -0.1) is 0 Å². The van der Waals surface area contributed by atoms with Crippen molar-refractivity contribution >= 4 is 41.9 Å². The molecule has 0 saturated carbocycles. The molecule has 1 aromatic heterocycles. The van der Waals surface area contributed by atoms with Gasteiger partial charge in [-0.2, -0.15) is 0 Å². The second kappa shape index (κ2) is 11.4. The summed E-state index contributed by atoms with van der Waals surface area (Å²) in [6.45, 7) is 6.94. The first-order chi connectivity index (χ1) is 19.7. The first-order valence-corrected chi connectivity index (χ1v) is 13.3. The van der Waals surface area contributed by atoms with Gasteiger partial charge in [0.25, 0.3) is 0 Å². The van der Waals surface area contributed by atoms with Crippen molar-refractivity contribution in [3.63, 3.8) is 0 Å². The summed E-state index contributed by atoms with van der Waals surface area (Å²) < 4.78 is 40.7. The maximum absolute atomic E-state index is 15.3. The number of nitrogens with two attached hydrogens (primary N) is 1. The van der Waals surface area contributed by atoms with E-state index in [-0.39, 0.29) is 23.9 Å². The average Bonchev–Trinajstić information content (AvgIpc) is 2.99. The Kier molecular flexibility index (Phi) is 7.85. The summed E-state index contributed by atoms with van der Waals surface area (Å²) in [5, 5.41) is 0. The summed E-state index contributed by atoms with van der Waals surface area (Å²) in [6.07, 6.45) is 1.48. The Morgan fingerprint density at radius 2 is 1.63 bits per heavy atom. The Morgan fingerprint density at radius 1 is 1.02 bits per heavy atom. The van der Waals surface area contributed by atoms with Crippen molar-refractivity contribution < 1.29 is 23.0 Å². The van der Waals surface area contributed by atoms with Crippen LogP contribution in [0.2, 0.25) is 0 Å². The van der Waals surface area contributed by atoms with Crippen LogP contribution in [0.1, 0.15) is 23.6 Å². The van der Waals surface area contributed by atoms with Crippen LogP contribution < -0.4 is 29.9 Å². The molecule has 2 amide bonds. The zero-order valence-electron chi connectivity index (χ0n) is 23.6. The number of nitrogens with zero attached hydrogens (tertiary/aromatic N) is 5. The minimum absolute atomic E-state index is 0.134. The average molecular weight is 561 g/mol. The number of benzene rings is 2. The molecule has 1 radical (unpaired) electrons. The molecule has 1 fully saturated rings. The number of carbonyl (C=O) groups is 1. The van der Waals surface area contributed by atoms with Crippen LogP contribution in [-0.4, -0.2) is 82.9 Å². The summed E-state index contributed by atoms with van der Waals surface area (Å²) in [5.41, 5.74) is 9.17. The second-order valence-corrected chi connectivity index (χ2v) is 9.96. The molecule has 3 aromatic rings. The summed E-state index contributed by atoms with van der Waals surface area (Å²) in [4.78, 5) is 24.9. The second-order valence-electron chi connectivity index (χ2n) is 9.96. The molecule has 9 nitrogen and oxygen atoms in total. The van der Waals surface area contributed by atoms with Crippen molar-refractivity contribution in [3.8, 4) is 11.5 Å². The van der Waals surface area contributed by atoms with E-state index in [0.29, 0.717) is 27.8 Å². The van der Waals surface area contributed by atoms with Gasteiger partial charge in [0.15, 0.2) is 0 Å². The number of ether oxygens (including phenoxy) is 2. The van der Waals surface area contributed by atoms with E-state index >= 15 is 8.78 Å². The number of amides is 2. The van der Waals surface area contributed by atoms with Gasteiger partial charge in [0.2, 0.25) is 0 Å². The molecule has 5 rings (SSSR count). The Balaban J connectivity index is 1.48. The molecular formula is C29H32BF2N6O3. The van der Waals surface area contributed by atoms with Crippen LogP contribution >= 0.6 is 0 Å². The number of methoxy groups -OCH3 is 2. The molecule has 1 saturated heterocycles. The predicted octanol–water partition coefficient (Wildman–Crippen LogP) is 3.41. The summed E-state index contributed by atoms with van der Waals surface area (Å²) in [7, 11) is 10.6. The van der Waals surface area contributed by atoms with Gasteiger partial charge in [0.05, 0.1) is 0 Å². The molecule has 3 heterocycles. The van der Waals surface area contributed by atoms with E-state index in [1.165, 1.54) is 32.4 Å². The summed E-state index contributed by atoms with van der Waals surface area (Å²) >= 11 is 0. The van der Waals surface area contributed by atoms with Crippen molar-refractivity contribution in [1.82, 2.24) is 9.88 Å². The topological polar surface area (TPSA) is 87.4 Å². The van der Waals surface area contributed by atoms with Crippen LogP contribution in [-0.2, 0) is 6.54 Å². The summed E-state index contributed by atoms with van der Waals surface area (Å²) in [6, 6.07) is 8.27. The number of rotatable bonds is 7. The van der Waals surface area contributed by atoms with Crippen LogP contribution in [0.3, 0.4) is 0 Å². The molecule has 2 aliphatic rings. The number of carbonyl (C=O) groups excluding carboxylic acids is 1. The predicted molar refractivity (Wildman–Crippen MR) is 158 cm³/mol. The number of piperazine rings is 1. The van der Waals surface area contributed by atoms with Gasteiger partial charge >= 0.3 is 239 Å². The van der Waals surface area contributed by atoms with Gasteiger partial charge in [-0.05, 0) is 0 Å². The van der Waals surface area contributed by atoms with Crippen molar-refractivity contribution in [2.75, 3.05) is 74.4 Å². The zero-order valence-corrected chi connectivity index (χ0v) is 23.6. The first kappa shape index (κ1) is 28.3. The van der Waals surface area contributed by atoms with E-state index in [1.807, 2.05) is 24.3 Å². The molecule has 0 atom stereocenters. The fourth-order valence-electron chi connectivity index (χ4n) is 5.44. The fraction of sp³-hybridized carbons (Fsp3) is 0.345. The molecule has 2 aromatic carbocycles. The van der Waals surface area contributed by atoms with Crippen molar-refractivity contribution in [2.45, 2.75) is 13.5 Å². The number of hydrogen-bond donors (Lipinski definition) is 1. The van der Waals surface area contributed by atoms with E-state index < -0.39 is 23.4 Å². The van der Waals surface area contributed by atoms with Gasteiger partial charge in [-0.3, -0.25) is 0 Å². The zero-order chi connectivity index (χ0) is 29.4. The van der Waals surface area contributed by atoms with E-state index in [9.17, 15) is 4.79 Å². The Bertz CT molecular complexity index is 1470. The standard InChI is InChI=1S/C29H32BF2N6O3/c1-5-36-10-12-37(13-11-36)19-8-6-17(7-9-19)23(30)22-26-18(15-34-28(22)33)16-38(29(39)35(26)2)27-24(31)20(40-3)14-21(41-4)25(27)32/h6-9,14-15H,5,10-13,16H2,1-4H3,(H2,33,34). The first-order valence-electron chi connectivity index (χ1n) is 13.3. The number of hydrogen-bond acceptors (Lipinski definition) is 7. The third-order valence-electron chi connectivity index (χ3n) is 7.79. The molecule has 12 heteroatoms. The van der Waals surface area contributed by atoms with E-state index in [2.05, 4.69) is 21.7 Å². The third-order valence-corrected chi connectivity index (χ3v) is 7.79. The van der Waals surface area contributed by atoms with Gasteiger partial charge < -0.3 is 0 Å². The van der Waals surface area contributed by atoms with E-state index in [4.69, 9.17) is 22.7 Å². The Morgan fingerprint density at radius 3 is 2.20 bits per heavy atom. The molecule has 41 heavy (non-hydrogen) atoms. The number of fused-ring (bicyclic) bond motifs is 1. The number of pyridine rings is 1. The fourth-order valence-corrected chi connectivity index (χ4v) is 5.44. The van der Waals surface area contributed by atoms with Crippen LogP contribution in [0.25, 0.3) is 0 Å². The Hall–Kier alpha value is -4.19. The number of urea groups is 1. The third kappa shape index (κ3) is 4.97. The molecular weight excluding hydrogens is 529 g/mol. The van der Waals surface area contributed by atoms with Crippen molar-refractivity contribution in [1.29, 1.82) is 0 Å². The van der Waals surface area contributed by atoms with Gasteiger partial charge in [0, 0.05) is 0 Å². The number of halogens is 2. The van der Waals surface area contributed by atoms with Gasteiger partial charge in [-0.25, -0.2) is 0 Å². The minimum atomic E-state index is -1.03. The molecule has 0 bridgehead atoms. The van der Waals surface area contributed by atoms with Gasteiger partial charge in [-0.1, -0.05) is 0 Å². The Labute approximate surface area is 239 Å². The normalized spacial score (nSPS) is 15.6. The van der Waals surface area contributed by atoms with Crippen LogP contribution in [0.15, 0.2) is 36.5 Å². The van der Waals surface area contributed by atoms with Crippen LogP contribution in [0.5, 0.6) is 11.5 Å². The summed E-state index contributed by atoms with van der Waals surface area (Å²) in [5.74, 6) is -2.44. The molecule has 0 aliphatic carbocycles. The van der Waals surface area contributed by atoms with Crippen LogP contribution in [0, 0.1) is 11.6 Å². The maximum atomic E-state index is 15.3. The molecule has 2 N–H and O–H groups in total. The van der Waals surface area contributed by atoms with E-state index in [0.717, 1.165) is 49.4 Å².